The lowest BCUT2D eigenvalue weighted by atomic mass is 10.3. The molecule has 0 aliphatic carbocycles. The quantitative estimate of drug-likeness (QED) is 0.710. The number of ether oxygens (including phenoxy) is 2. The van der Waals surface area contributed by atoms with E-state index in [0.29, 0.717) is 28.8 Å². The van der Waals surface area contributed by atoms with Gasteiger partial charge < -0.3 is 19.7 Å². The summed E-state index contributed by atoms with van der Waals surface area (Å²) in [4.78, 5) is 25.6. The van der Waals surface area contributed by atoms with Crippen molar-refractivity contribution in [3.8, 4) is 11.5 Å². The summed E-state index contributed by atoms with van der Waals surface area (Å²) in [6.45, 7) is 2.31. The molecule has 0 aromatic heterocycles. The number of likely N-dealkylation sites (N-methyl/N-ethyl adjacent to an activating group) is 1. The fraction of sp³-hybridized carbons (Fsp3) is 0.300. The van der Waals surface area contributed by atoms with Gasteiger partial charge in [0.05, 0.1) is 13.2 Å². The third kappa shape index (κ3) is 6.83. The van der Waals surface area contributed by atoms with Crippen LogP contribution in [0.4, 0.5) is 5.69 Å². The average molecular weight is 391 g/mol. The van der Waals surface area contributed by atoms with Crippen LogP contribution in [0.5, 0.6) is 11.5 Å². The van der Waals surface area contributed by atoms with Crippen molar-refractivity contribution in [2.45, 2.75) is 13.3 Å². The molecule has 2 rings (SSSR count). The molecule has 144 valence electrons. The number of anilines is 1. The normalized spacial score (nSPS) is 10.2. The Labute approximate surface area is 164 Å². The Morgan fingerprint density at radius 3 is 2.30 bits per heavy atom. The van der Waals surface area contributed by atoms with Gasteiger partial charge in [-0.2, -0.15) is 0 Å². The zero-order valence-corrected chi connectivity index (χ0v) is 16.2. The van der Waals surface area contributed by atoms with Crippen LogP contribution in [0.1, 0.15) is 13.3 Å². The van der Waals surface area contributed by atoms with Crippen LogP contribution in [-0.2, 0) is 9.59 Å². The van der Waals surface area contributed by atoms with Crippen LogP contribution < -0.4 is 14.8 Å². The molecule has 27 heavy (non-hydrogen) atoms. The van der Waals surface area contributed by atoms with Crippen molar-refractivity contribution in [1.82, 2.24) is 4.90 Å². The number of hydrogen-bond donors (Lipinski definition) is 1. The van der Waals surface area contributed by atoms with E-state index in [1.807, 2.05) is 19.1 Å². The summed E-state index contributed by atoms with van der Waals surface area (Å²) in [5.41, 5.74) is 0.614. The number of para-hydroxylation sites is 2. The Kier molecular flexibility index (Phi) is 7.95. The zero-order valence-electron chi connectivity index (χ0n) is 15.4. The van der Waals surface area contributed by atoms with Gasteiger partial charge in [0.15, 0.2) is 18.1 Å². The highest BCUT2D eigenvalue weighted by Crippen LogP contribution is 2.26. The molecule has 1 N–H and O–H groups in total. The molecule has 0 heterocycles. The van der Waals surface area contributed by atoms with Gasteiger partial charge in [-0.15, -0.1) is 0 Å². The number of nitrogens with zero attached hydrogens (tertiary/aromatic N) is 1. The monoisotopic (exact) mass is 390 g/mol. The summed E-state index contributed by atoms with van der Waals surface area (Å²) in [5, 5.41) is 3.29. The molecule has 2 aromatic carbocycles. The van der Waals surface area contributed by atoms with Crippen molar-refractivity contribution < 1.29 is 19.1 Å². The molecular weight excluding hydrogens is 368 g/mol. The van der Waals surface area contributed by atoms with Crippen molar-refractivity contribution in [3.05, 3.63) is 53.6 Å². The lowest BCUT2D eigenvalue weighted by Crippen LogP contribution is -2.37. The van der Waals surface area contributed by atoms with Crippen LogP contribution >= 0.6 is 11.6 Å². The summed E-state index contributed by atoms with van der Waals surface area (Å²) in [5.74, 6) is 0.472. The van der Waals surface area contributed by atoms with Gasteiger partial charge in [0.1, 0.15) is 0 Å². The summed E-state index contributed by atoms with van der Waals surface area (Å²) >= 11 is 5.81. The second-order valence-electron chi connectivity index (χ2n) is 5.89. The molecule has 2 amide bonds. The lowest BCUT2D eigenvalue weighted by molar-refractivity contribution is -0.135. The van der Waals surface area contributed by atoms with Crippen molar-refractivity contribution in [3.63, 3.8) is 0 Å². The maximum Gasteiger partial charge on any atom is 0.260 e. The highest BCUT2D eigenvalue weighted by Gasteiger charge is 2.15. The molecule has 0 radical (unpaired) electrons. The highest BCUT2D eigenvalue weighted by atomic mass is 35.5. The van der Waals surface area contributed by atoms with Gasteiger partial charge in [0.2, 0.25) is 5.91 Å². The maximum absolute atomic E-state index is 12.2. The fourth-order valence-electron chi connectivity index (χ4n) is 2.19. The number of halogens is 1. The first-order valence-corrected chi connectivity index (χ1v) is 9.01. The third-order valence-electron chi connectivity index (χ3n) is 3.60. The Morgan fingerprint density at radius 1 is 1.04 bits per heavy atom. The predicted octanol–water partition coefficient (Wildman–Crippen LogP) is 3.60. The van der Waals surface area contributed by atoms with E-state index in [2.05, 4.69) is 5.32 Å². The van der Waals surface area contributed by atoms with Crippen LogP contribution in [0.3, 0.4) is 0 Å². The molecule has 0 spiro atoms. The Bertz CT molecular complexity index is 765. The largest absolute Gasteiger partial charge is 0.490 e. The van der Waals surface area contributed by atoms with E-state index in [4.69, 9.17) is 21.1 Å². The standard InChI is InChI=1S/C20H23ClN2O4/c1-3-12-26-17-6-4-5-7-18(17)27-14-20(25)23(2)13-19(24)22-16-10-8-15(21)9-11-16/h4-11H,3,12-14H2,1-2H3,(H,22,24). The number of rotatable bonds is 9. The second kappa shape index (κ2) is 10.4. The summed E-state index contributed by atoms with van der Waals surface area (Å²) in [6, 6.07) is 13.9. The molecule has 0 fully saturated rings. The maximum atomic E-state index is 12.2. The molecule has 0 atom stereocenters. The average Bonchev–Trinajstić information content (AvgIpc) is 2.66. The number of carbonyl (C=O) groups excluding carboxylic acids is 2. The minimum atomic E-state index is -0.313. The van der Waals surface area contributed by atoms with Crippen LogP contribution in [-0.4, -0.2) is 43.5 Å². The Balaban J connectivity index is 1.83. The molecular formula is C20H23ClN2O4. The molecule has 0 bridgehead atoms. The van der Waals surface area contributed by atoms with E-state index < -0.39 is 0 Å². The van der Waals surface area contributed by atoms with Crippen molar-refractivity contribution >= 4 is 29.1 Å². The van der Waals surface area contributed by atoms with Crippen LogP contribution in [0, 0.1) is 0 Å². The van der Waals surface area contributed by atoms with E-state index >= 15 is 0 Å². The number of nitrogens with one attached hydrogen (secondary N) is 1. The van der Waals surface area contributed by atoms with Gasteiger partial charge in [0, 0.05) is 17.8 Å². The number of hydrogen-bond acceptors (Lipinski definition) is 4. The second-order valence-corrected chi connectivity index (χ2v) is 6.33. The molecule has 0 aliphatic rings. The number of benzene rings is 2. The van der Waals surface area contributed by atoms with E-state index in [9.17, 15) is 9.59 Å². The topological polar surface area (TPSA) is 67.9 Å². The van der Waals surface area contributed by atoms with Gasteiger partial charge in [-0.05, 0) is 42.8 Å². The summed E-state index contributed by atoms with van der Waals surface area (Å²) in [7, 11) is 1.55. The first kappa shape index (κ1) is 20.6. The smallest absolute Gasteiger partial charge is 0.260 e. The van der Waals surface area contributed by atoms with Gasteiger partial charge >= 0.3 is 0 Å². The zero-order chi connectivity index (χ0) is 19.6. The summed E-state index contributed by atoms with van der Waals surface area (Å²) in [6.07, 6.45) is 0.874. The molecule has 0 saturated heterocycles. The predicted molar refractivity (Wildman–Crippen MR) is 105 cm³/mol. The third-order valence-corrected chi connectivity index (χ3v) is 3.85. The van der Waals surface area contributed by atoms with Gasteiger partial charge in [0.25, 0.3) is 5.91 Å². The Morgan fingerprint density at radius 2 is 1.67 bits per heavy atom. The van der Waals surface area contributed by atoms with Gasteiger partial charge in [-0.25, -0.2) is 0 Å². The molecule has 7 heteroatoms. The fourth-order valence-corrected chi connectivity index (χ4v) is 2.31. The van der Waals surface area contributed by atoms with Crippen molar-refractivity contribution in [2.24, 2.45) is 0 Å². The number of amides is 2. The highest BCUT2D eigenvalue weighted by molar-refractivity contribution is 6.30. The number of carbonyl (C=O) groups is 2. The van der Waals surface area contributed by atoms with E-state index in [0.717, 1.165) is 6.42 Å². The van der Waals surface area contributed by atoms with E-state index in [1.54, 1.807) is 43.4 Å². The minimum absolute atomic E-state index is 0.0845. The van der Waals surface area contributed by atoms with E-state index in [1.165, 1.54) is 4.90 Å². The SMILES string of the molecule is CCCOc1ccccc1OCC(=O)N(C)CC(=O)Nc1ccc(Cl)cc1. The van der Waals surface area contributed by atoms with Gasteiger partial charge in [-0.1, -0.05) is 30.7 Å². The summed E-state index contributed by atoms with van der Waals surface area (Å²) < 4.78 is 11.2. The van der Waals surface area contributed by atoms with Crippen LogP contribution in [0.15, 0.2) is 48.5 Å². The molecule has 2 aromatic rings. The van der Waals surface area contributed by atoms with E-state index in [-0.39, 0.29) is 25.0 Å². The first-order valence-electron chi connectivity index (χ1n) is 8.63. The molecule has 0 unspecified atom stereocenters. The lowest BCUT2D eigenvalue weighted by Gasteiger charge is -2.18. The van der Waals surface area contributed by atoms with Crippen molar-refractivity contribution in [1.29, 1.82) is 0 Å². The molecule has 0 aliphatic heterocycles. The Hall–Kier alpha value is -2.73. The molecule has 0 saturated carbocycles. The van der Waals surface area contributed by atoms with Crippen LogP contribution in [0.25, 0.3) is 0 Å². The minimum Gasteiger partial charge on any atom is -0.490 e. The van der Waals surface area contributed by atoms with Gasteiger partial charge in [-0.3, -0.25) is 9.59 Å². The van der Waals surface area contributed by atoms with Crippen molar-refractivity contribution in [2.75, 3.05) is 32.1 Å². The molecule has 6 nitrogen and oxygen atoms in total. The van der Waals surface area contributed by atoms with Crippen LogP contribution in [0.2, 0.25) is 5.02 Å². The first-order chi connectivity index (χ1) is 13.0.